The van der Waals surface area contributed by atoms with Gasteiger partial charge in [0, 0.05) is 12.1 Å². The minimum Gasteiger partial charge on any atom is -0.484 e. The number of nitrogens with one attached hydrogen (secondary N) is 2. The number of sulfonamides is 1. The number of hydrogen-bond donors (Lipinski definition) is 2. The second-order valence-corrected chi connectivity index (χ2v) is 7.10. The van der Waals surface area contributed by atoms with Crippen LogP contribution in [0.15, 0.2) is 24.3 Å². The predicted octanol–water partition coefficient (Wildman–Crippen LogP) is 0.835. The summed E-state index contributed by atoms with van der Waals surface area (Å²) in [6, 6.07) is 5.23. The Labute approximate surface area is 139 Å². The van der Waals surface area contributed by atoms with Gasteiger partial charge in [-0.2, -0.15) is 0 Å². The average molecular weight is 373 g/mol. The molecule has 2 N–H and O–H groups in total. The molecule has 0 fully saturated rings. The highest BCUT2D eigenvalue weighted by Crippen LogP contribution is 2.21. The number of non-ortho nitro benzene ring substituents is 1. The first-order valence-electron chi connectivity index (χ1n) is 6.21. The molecule has 2 rings (SSSR count). The monoisotopic (exact) mass is 373 g/mol. The second-order valence-electron chi connectivity index (χ2n) is 4.37. The topological polar surface area (TPSA) is 153 Å². The van der Waals surface area contributed by atoms with Gasteiger partial charge in [0.05, 0.1) is 11.2 Å². The Hall–Kier alpha value is -2.80. The Bertz CT molecular complexity index is 848. The molecule has 0 unspecified atom stereocenters. The van der Waals surface area contributed by atoms with Crippen LogP contribution in [0.1, 0.15) is 0 Å². The Morgan fingerprint density at radius 2 is 1.92 bits per heavy atom. The zero-order valence-corrected chi connectivity index (χ0v) is 13.8. The largest absolute Gasteiger partial charge is 0.484 e. The first-order valence-corrected chi connectivity index (χ1v) is 8.92. The molecule has 0 radical (unpaired) electrons. The van der Waals surface area contributed by atoms with Gasteiger partial charge in [-0.25, -0.2) is 8.42 Å². The van der Waals surface area contributed by atoms with Crippen molar-refractivity contribution in [2.45, 2.75) is 0 Å². The summed E-state index contributed by atoms with van der Waals surface area (Å²) < 4.78 is 29.4. The van der Waals surface area contributed by atoms with Crippen LogP contribution in [0.3, 0.4) is 0 Å². The average Bonchev–Trinajstić information content (AvgIpc) is 2.90. The van der Waals surface area contributed by atoms with Crippen molar-refractivity contribution in [1.29, 1.82) is 0 Å². The molecule has 0 atom stereocenters. The van der Waals surface area contributed by atoms with Crippen molar-refractivity contribution in [3.05, 3.63) is 34.4 Å². The van der Waals surface area contributed by atoms with Crippen molar-refractivity contribution in [3.63, 3.8) is 0 Å². The number of ether oxygens (including phenoxy) is 1. The van der Waals surface area contributed by atoms with E-state index in [1.807, 2.05) is 0 Å². The summed E-state index contributed by atoms with van der Waals surface area (Å²) in [6.45, 7) is -0.355. The van der Waals surface area contributed by atoms with Crippen LogP contribution in [0, 0.1) is 10.1 Å². The van der Waals surface area contributed by atoms with Crippen molar-refractivity contribution in [2.75, 3.05) is 22.9 Å². The van der Waals surface area contributed by atoms with Crippen molar-refractivity contribution in [1.82, 2.24) is 10.2 Å². The summed E-state index contributed by atoms with van der Waals surface area (Å²) in [4.78, 5) is 21.7. The van der Waals surface area contributed by atoms with Crippen LogP contribution in [-0.2, 0) is 14.8 Å². The predicted molar refractivity (Wildman–Crippen MR) is 85.6 cm³/mol. The smallest absolute Gasteiger partial charge is 0.269 e. The van der Waals surface area contributed by atoms with Crippen molar-refractivity contribution in [2.24, 2.45) is 0 Å². The number of rotatable bonds is 7. The fourth-order valence-corrected chi connectivity index (χ4v) is 2.93. The van der Waals surface area contributed by atoms with E-state index in [4.69, 9.17) is 4.74 Å². The molecule has 0 aliphatic rings. The number of amides is 1. The maximum Gasteiger partial charge on any atom is 0.269 e. The Morgan fingerprint density at radius 3 is 2.50 bits per heavy atom. The number of anilines is 2. The summed E-state index contributed by atoms with van der Waals surface area (Å²) >= 11 is 0.840. The van der Waals surface area contributed by atoms with Crippen molar-refractivity contribution in [3.8, 4) is 5.75 Å². The normalized spacial score (nSPS) is 10.9. The molecule has 0 aliphatic carbocycles. The third-order valence-electron chi connectivity index (χ3n) is 2.36. The van der Waals surface area contributed by atoms with Crippen LogP contribution in [0.5, 0.6) is 5.75 Å². The highest BCUT2D eigenvalue weighted by Gasteiger charge is 2.12. The highest BCUT2D eigenvalue weighted by atomic mass is 32.2. The molecule has 2 aromatic rings. The zero-order chi connectivity index (χ0) is 17.7. The lowest BCUT2D eigenvalue weighted by Crippen LogP contribution is -2.20. The van der Waals surface area contributed by atoms with Crippen LogP contribution in [-0.4, -0.2) is 42.3 Å². The number of nitrogens with zero attached hydrogens (tertiary/aromatic N) is 3. The van der Waals surface area contributed by atoms with Gasteiger partial charge in [0.2, 0.25) is 20.3 Å². The van der Waals surface area contributed by atoms with Gasteiger partial charge in [-0.05, 0) is 12.1 Å². The number of hydrogen-bond acceptors (Lipinski definition) is 9. The van der Waals surface area contributed by atoms with E-state index in [9.17, 15) is 23.3 Å². The first-order chi connectivity index (χ1) is 11.2. The SMILES string of the molecule is CS(=O)(=O)Nc1nnc(NC(=O)COc2ccc([N+](=O)[O-])cc2)s1. The van der Waals surface area contributed by atoms with E-state index in [-0.39, 0.29) is 28.3 Å². The van der Waals surface area contributed by atoms with E-state index in [0.717, 1.165) is 17.6 Å². The summed E-state index contributed by atoms with van der Waals surface area (Å²) in [6.07, 6.45) is 0.963. The van der Waals surface area contributed by atoms with E-state index in [0.29, 0.717) is 0 Å². The summed E-state index contributed by atoms with van der Waals surface area (Å²) in [5.74, 6) is -0.261. The molecule has 0 saturated carbocycles. The molecular formula is C11H11N5O6S2. The Balaban J connectivity index is 1.86. The van der Waals surface area contributed by atoms with Gasteiger partial charge >= 0.3 is 0 Å². The minimum absolute atomic E-state index is 0.0177. The summed E-state index contributed by atoms with van der Waals surface area (Å²) in [5, 5.41) is 20.2. The van der Waals surface area contributed by atoms with Crippen LogP contribution >= 0.6 is 11.3 Å². The lowest BCUT2D eigenvalue weighted by Gasteiger charge is -2.05. The number of benzene rings is 1. The second kappa shape index (κ2) is 7.18. The fourth-order valence-electron chi connectivity index (χ4n) is 1.44. The molecule has 0 aliphatic heterocycles. The molecule has 11 nitrogen and oxygen atoms in total. The number of nitro groups is 1. The standard InChI is InChI=1S/C11H11N5O6S2/c1-24(20,21)15-11-14-13-10(23-11)12-9(17)6-22-8-4-2-7(3-5-8)16(18)19/h2-5H,6H2,1H3,(H,14,15)(H,12,13,17). The van der Waals surface area contributed by atoms with Gasteiger partial charge in [0.15, 0.2) is 6.61 Å². The molecule has 24 heavy (non-hydrogen) atoms. The minimum atomic E-state index is -3.48. The molecular weight excluding hydrogens is 362 g/mol. The van der Waals surface area contributed by atoms with Gasteiger partial charge in [-0.1, -0.05) is 11.3 Å². The third kappa shape index (κ3) is 5.44. The van der Waals surface area contributed by atoms with E-state index < -0.39 is 20.9 Å². The number of aromatic nitrogens is 2. The maximum absolute atomic E-state index is 11.7. The highest BCUT2D eigenvalue weighted by molar-refractivity contribution is 7.92. The molecule has 1 amide bonds. The van der Waals surface area contributed by atoms with Crippen LogP contribution in [0.4, 0.5) is 16.0 Å². The molecule has 1 aromatic carbocycles. The molecule has 1 heterocycles. The van der Waals surface area contributed by atoms with Crippen LogP contribution in [0.25, 0.3) is 0 Å². The van der Waals surface area contributed by atoms with E-state index in [1.54, 1.807) is 0 Å². The lowest BCUT2D eigenvalue weighted by atomic mass is 10.3. The number of carbonyl (C=O) groups excluding carboxylic acids is 1. The van der Waals surface area contributed by atoms with Gasteiger partial charge in [0.25, 0.3) is 11.6 Å². The summed E-state index contributed by atoms with van der Waals surface area (Å²) in [5.41, 5.74) is -0.0911. The molecule has 128 valence electrons. The first kappa shape index (κ1) is 17.6. The van der Waals surface area contributed by atoms with Crippen molar-refractivity contribution < 1.29 is 22.9 Å². The Kier molecular flexibility index (Phi) is 5.25. The lowest BCUT2D eigenvalue weighted by molar-refractivity contribution is -0.384. The quantitative estimate of drug-likeness (QED) is 0.534. The molecule has 13 heteroatoms. The molecule has 0 saturated heterocycles. The zero-order valence-electron chi connectivity index (χ0n) is 12.1. The van der Waals surface area contributed by atoms with Gasteiger partial charge in [-0.15, -0.1) is 10.2 Å². The van der Waals surface area contributed by atoms with Gasteiger partial charge in [-0.3, -0.25) is 24.9 Å². The van der Waals surface area contributed by atoms with Crippen LogP contribution in [0.2, 0.25) is 0 Å². The van der Waals surface area contributed by atoms with E-state index in [2.05, 4.69) is 20.2 Å². The van der Waals surface area contributed by atoms with Gasteiger partial charge in [0.1, 0.15) is 5.75 Å². The third-order valence-corrected chi connectivity index (χ3v) is 3.81. The van der Waals surface area contributed by atoms with Gasteiger partial charge < -0.3 is 4.74 Å². The van der Waals surface area contributed by atoms with Crippen LogP contribution < -0.4 is 14.8 Å². The molecule has 1 aromatic heterocycles. The molecule has 0 bridgehead atoms. The molecule has 0 spiro atoms. The Morgan fingerprint density at radius 1 is 1.29 bits per heavy atom. The summed E-state index contributed by atoms with van der Waals surface area (Å²) in [7, 11) is -3.48. The maximum atomic E-state index is 11.7. The van der Waals surface area contributed by atoms with E-state index in [1.165, 1.54) is 24.3 Å². The fraction of sp³-hybridized carbons (Fsp3) is 0.182. The number of carbonyl (C=O) groups is 1. The van der Waals surface area contributed by atoms with E-state index >= 15 is 0 Å². The van der Waals surface area contributed by atoms with Crippen molar-refractivity contribution >= 4 is 43.2 Å². The number of nitro benzene ring substituents is 1.